The van der Waals surface area contributed by atoms with Crippen molar-refractivity contribution in [2.45, 2.75) is 12.8 Å². The average molecular weight is 418 g/mol. The van der Waals surface area contributed by atoms with E-state index in [2.05, 4.69) is 6.58 Å². The van der Waals surface area contributed by atoms with Crippen LogP contribution in [-0.4, -0.2) is 7.11 Å². The van der Waals surface area contributed by atoms with Gasteiger partial charge in [-0.25, -0.2) is 13.2 Å². The third kappa shape index (κ3) is 4.06. The zero-order chi connectivity index (χ0) is 22.0. The van der Waals surface area contributed by atoms with Gasteiger partial charge in [0, 0.05) is 10.9 Å². The smallest absolute Gasteiger partial charge is 0.190 e. The van der Waals surface area contributed by atoms with E-state index < -0.39 is 17.4 Å². The number of rotatable bonds is 6. The summed E-state index contributed by atoms with van der Waals surface area (Å²) in [5.74, 6) is -2.24. The molecule has 0 N–H and O–H groups in total. The van der Waals surface area contributed by atoms with Gasteiger partial charge in [-0.15, -0.1) is 6.58 Å². The number of hydrogen-bond donors (Lipinski definition) is 0. The largest absolute Gasteiger partial charge is 0.491 e. The molecule has 0 spiro atoms. The Morgan fingerprint density at radius 1 is 0.806 bits per heavy atom. The Hall–Kier alpha value is -3.53. The number of allylic oxidation sites excluding steroid dienone is 1. The SMILES string of the molecule is C=CCCc1ccc2c(F)c(-c3ccc(-c4cc(F)c(OC)c(F)c4)cc3)ccc2c1. The van der Waals surface area contributed by atoms with Crippen molar-refractivity contribution in [2.24, 2.45) is 0 Å². The maximum atomic E-state index is 15.2. The molecular formula is C27H21F3O. The van der Waals surface area contributed by atoms with E-state index in [4.69, 9.17) is 4.74 Å². The average Bonchev–Trinajstić information content (AvgIpc) is 2.78. The van der Waals surface area contributed by atoms with Gasteiger partial charge >= 0.3 is 0 Å². The molecular weight excluding hydrogens is 397 g/mol. The molecule has 0 amide bonds. The Balaban J connectivity index is 1.67. The fraction of sp³-hybridized carbons (Fsp3) is 0.111. The Bertz CT molecular complexity index is 1240. The second-order valence-corrected chi connectivity index (χ2v) is 7.36. The number of halogens is 3. The van der Waals surface area contributed by atoms with E-state index in [0.717, 1.165) is 23.8 Å². The molecule has 4 rings (SSSR count). The first-order chi connectivity index (χ1) is 15.0. The van der Waals surface area contributed by atoms with E-state index in [1.54, 1.807) is 30.3 Å². The molecule has 0 saturated carbocycles. The summed E-state index contributed by atoms with van der Waals surface area (Å²) in [5.41, 5.74) is 3.31. The lowest BCUT2D eigenvalue weighted by Crippen LogP contribution is -1.94. The summed E-state index contributed by atoms with van der Waals surface area (Å²) >= 11 is 0. The fourth-order valence-electron chi connectivity index (χ4n) is 3.75. The summed E-state index contributed by atoms with van der Waals surface area (Å²) in [6.07, 6.45) is 3.61. The van der Waals surface area contributed by atoms with Crippen molar-refractivity contribution in [3.8, 4) is 28.0 Å². The molecule has 0 aliphatic heterocycles. The van der Waals surface area contributed by atoms with Crippen LogP contribution in [0.3, 0.4) is 0 Å². The van der Waals surface area contributed by atoms with Crippen LogP contribution >= 0.6 is 0 Å². The van der Waals surface area contributed by atoms with Crippen molar-refractivity contribution < 1.29 is 17.9 Å². The van der Waals surface area contributed by atoms with Crippen molar-refractivity contribution in [2.75, 3.05) is 7.11 Å². The van der Waals surface area contributed by atoms with Crippen LogP contribution in [0.4, 0.5) is 13.2 Å². The zero-order valence-corrected chi connectivity index (χ0v) is 17.1. The molecule has 0 aliphatic carbocycles. The minimum absolute atomic E-state index is 0.290. The van der Waals surface area contributed by atoms with Crippen molar-refractivity contribution in [1.82, 2.24) is 0 Å². The van der Waals surface area contributed by atoms with Crippen molar-refractivity contribution in [3.05, 3.63) is 102 Å². The third-order valence-corrected chi connectivity index (χ3v) is 5.39. The van der Waals surface area contributed by atoms with E-state index in [-0.39, 0.29) is 5.82 Å². The van der Waals surface area contributed by atoms with Gasteiger partial charge in [0.25, 0.3) is 0 Å². The minimum atomic E-state index is -0.769. The second-order valence-electron chi connectivity index (χ2n) is 7.36. The lowest BCUT2D eigenvalue weighted by Gasteiger charge is -2.10. The quantitative estimate of drug-likeness (QED) is 0.291. The van der Waals surface area contributed by atoms with Crippen LogP contribution < -0.4 is 4.74 Å². The van der Waals surface area contributed by atoms with E-state index in [0.29, 0.717) is 27.6 Å². The Labute approximate surface area is 179 Å². The Morgan fingerprint density at radius 3 is 2.13 bits per heavy atom. The lowest BCUT2D eigenvalue weighted by molar-refractivity contribution is 0.360. The van der Waals surface area contributed by atoms with Gasteiger partial charge in [-0.05, 0) is 52.6 Å². The normalized spacial score (nSPS) is 11.0. The number of hydrogen-bond acceptors (Lipinski definition) is 1. The van der Waals surface area contributed by atoms with Crippen LogP contribution in [0.5, 0.6) is 5.75 Å². The summed E-state index contributed by atoms with van der Waals surface area (Å²) < 4.78 is 48.0. The first-order valence-corrected chi connectivity index (χ1v) is 9.97. The van der Waals surface area contributed by atoms with Gasteiger partial charge in [0.05, 0.1) is 7.11 Å². The molecule has 4 heteroatoms. The predicted molar refractivity (Wildman–Crippen MR) is 120 cm³/mol. The van der Waals surface area contributed by atoms with Gasteiger partial charge < -0.3 is 4.74 Å². The van der Waals surface area contributed by atoms with Crippen LogP contribution in [0, 0.1) is 17.5 Å². The topological polar surface area (TPSA) is 9.23 Å². The van der Waals surface area contributed by atoms with Gasteiger partial charge in [-0.1, -0.05) is 60.7 Å². The minimum Gasteiger partial charge on any atom is -0.491 e. The van der Waals surface area contributed by atoms with Crippen LogP contribution in [0.15, 0.2) is 79.4 Å². The second kappa shape index (κ2) is 8.68. The van der Waals surface area contributed by atoms with Crippen LogP contribution in [0.25, 0.3) is 33.0 Å². The van der Waals surface area contributed by atoms with Crippen LogP contribution in [-0.2, 0) is 6.42 Å². The Kier molecular flexibility index (Phi) is 5.81. The molecule has 0 aromatic heterocycles. The standard InChI is InChI=1S/C27H21F3O/c1-3-4-5-17-6-12-23-20(14-17)11-13-22(26(23)30)19-9-7-18(8-10-19)21-15-24(28)27(31-2)25(29)16-21/h3,6-16H,1,4-5H2,2H3. The fourth-order valence-corrected chi connectivity index (χ4v) is 3.75. The lowest BCUT2D eigenvalue weighted by atomic mass is 9.96. The highest BCUT2D eigenvalue weighted by Gasteiger charge is 2.14. The number of benzene rings is 4. The summed E-state index contributed by atoms with van der Waals surface area (Å²) in [5, 5.41) is 1.41. The van der Waals surface area contributed by atoms with Gasteiger partial charge in [-0.2, -0.15) is 0 Å². The monoisotopic (exact) mass is 418 g/mol. The van der Waals surface area contributed by atoms with Crippen molar-refractivity contribution >= 4 is 10.8 Å². The summed E-state index contributed by atoms with van der Waals surface area (Å²) in [7, 11) is 1.22. The first-order valence-electron chi connectivity index (χ1n) is 9.97. The molecule has 1 nitrogen and oxygen atoms in total. The van der Waals surface area contributed by atoms with Gasteiger partial charge in [0.2, 0.25) is 0 Å². The molecule has 0 aliphatic rings. The van der Waals surface area contributed by atoms with Crippen molar-refractivity contribution in [1.29, 1.82) is 0 Å². The molecule has 0 radical (unpaired) electrons. The maximum Gasteiger partial charge on any atom is 0.190 e. The highest BCUT2D eigenvalue weighted by molar-refractivity contribution is 5.89. The molecule has 31 heavy (non-hydrogen) atoms. The summed E-state index contributed by atoms with van der Waals surface area (Å²) in [4.78, 5) is 0. The van der Waals surface area contributed by atoms with E-state index in [1.807, 2.05) is 30.3 Å². The molecule has 156 valence electrons. The summed E-state index contributed by atoms with van der Waals surface area (Å²) in [6, 6.07) is 18.8. The van der Waals surface area contributed by atoms with Crippen LogP contribution in [0.1, 0.15) is 12.0 Å². The van der Waals surface area contributed by atoms with Crippen molar-refractivity contribution in [3.63, 3.8) is 0 Å². The molecule has 0 heterocycles. The molecule has 4 aromatic carbocycles. The molecule has 0 atom stereocenters. The van der Waals surface area contributed by atoms with Gasteiger partial charge in [-0.3, -0.25) is 0 Å². The zero-order valence-electron chi connectivity index (χ0n) is 17.1. The number of ether oxygens (including phenoxy) is 1. The third-order valence-electron chi connectivity index (χ3n) is 5.39. The van der Waals surface area contributed by atoms with E-state index in [9.17, 15) is 8.78 Å². The molecule has 0 unspecified atom stereocenters. The highest BCUT2D eigenvalue weighted by atomic mass is 19.1. The highest BCUT2D eigenvalue weighted by Crippen LogP contribution is 2.33. The maximum absolute atomic E-state index is 15.2. The first kappa shape index (κ1) is 20.7. The number of fused-ring (bicyclic) bond motifs is 1. The predicted octanol–water partition coefficient (Wildman–Crippen LogP) is 7.72. The van der Waals surface area contributed by atoms with E-state index >= 15 is 4.39 Å². The van der Waals surface area contributed by atoms with Gasteiger partial charge in [0.15, 0.2) is 17.4 Å². The van der Waals surface area contributed by atoms with E-state index in [1.165, 1.54) is 19.2 Å². The molecule has 0 bridgehead atoms. The molecule has 0 fully saturated rings. The number of aryl methyl sites for hydroxylation is 1. The molecule has 0 saturated heterocycles. The Morgan fingerprint density at radius 2 is 1.48 bits per heavy atom. The number of methoxy groups -OCH3 is 1. The van der Waals surface area contributed by atoms with Crippen LogP contribution in [0.2, 0.25) is 0 Å². The summed E-state index contributed by atoms with van der Waals surface area (Å²) in [6.45, 7) is 3.74. The molecule has 4 aromatic rings. The van der Waals surface area contributed by atoms with Gasteiger partial charge in [0.1, 0.15) is 5.82 Å².